The first-order valence-corrected chi connectivity index (χ1v) is 7.12. The van der Waals surface area contributed by atoms with Gasteiger partial charge in [-0.05, 0) is 36.2 Å². The summed E-state index contributed by atoms with van der Waals surface area (Å²) in [5, 5.41) is 1.13. The first-order valence-electron chi connectivity index (χ1n) is 7.12. The van der Waals surface area contributed by atoms with Gasteiger partial charge in [0.1, 0.15) is 12.4 Å². The van der Waals surface area contributed by atoms with Crippen molar-refractivity contribution in [1.82, 2.24) is 4.98 Å². The minimum Gasteiger partial charge on any atom is -0.485 e. The maximum absolute atomic E-state index is 6.01. The Hall–Kier alpha value is -2.55. The largest absolute Gasteiger partial charge is 0.485 e. The van der Waals surface area contributed by atoms with Gasteiger partial charge in [-0.15, -0.1) is 0 Å². The Morgan fingerprint density at radius 2 is 1.90 bits per heavy atom. The van der Waals surface area contributed by atoms with Crippen LogP contribution < -0.4 is 10.5 Å². The molecular weight excluding hydrogens is 260 g/mol. The molecule has 1 aromatic heterocycles. The fourth-order valence-electron chi connectivity index (χ4n) is 2.29. The minimum absolute atomic E-state index is 0.417. The molecule has 1 heterocycles. The van der Waals surface area contributed by atoms with Crippen molar-refractivity contribution in [1.29, 1.82) is 0 Å². The van der Waals surface area contributed by atoms with Crippen LogP contribution in [-0.2, 0) is 13.0 Å². The summed E-state index contributed by atoms with van der Waals surface area (Å²) < 4.78 is 5.78. The molecule has 0 radical (unpaired) electrons. The summed E-state index contributed by atoms with van der Waals surface area (Å²) in [5.41, 5.74) is 9.77. The van der Waals surface area contributed by atoms with E-state index in [0.717, 1.165) is 23.0 Å². The maximum Gasteiger partial charge on any atom is 0.142 e. The van der Waals surface area contributed by atoms with Crippen molar-refractivity contribution in [2.45, 2.75) is 20.0 Å². The molecule has 0 bridgehead atoms. The van der Waals surface area contributed by atoms with Crippen LogP contribution in [0.25, 0.3) is 10.9 Å². The van der Waals surface area contributed by atoms with E-state index >= 15 is 0 Å². The topological polar surface area (TPSA) is 48.1 Å². The van der Waals surface area contributed by atoms with Crippen LogP contribution in [0.5, 0.6) is 5.75 Å². The van der Waals surface area contributed by atoms with Crippen LogP contribution in [0.3, 0.4) is 0 Å². The fraction of sp³-hybridized carbons (Fsp3) is 0.167. The molecule has 3 nitrogen and oxygen atoms in total. The number of nitrogen functional groups attached to an aromatic ring is 1. The number of fused-ring (bicyclic) bond motifs is 1. The Bertz CT molecular complexity index is 768. The number of pyridine rings is 1. The standard InChI is InChI=1S/C18H18N2O/c1-2-13-7-10-18(16(19)11-13)21-12-15-9-8-14-5-3-4-6-17(14)20-15/h3-11H,2,12,19H2,1H3. The predicted molar refractivity (Wildman–Crippen MR) is 86.3 cm³/mol. The SMILES string of the molecule is CCc1ccc(OCc2ccc3ccccc3n2)c(N)c1. The van der Waals surface area contributed by atoms with Crippen molar-refractivity contribution in [2.24, 2.45) is 0 Å². The molecular formula is C18H18N2O. The van der Waals surface area contributed by atoms with Crippen molar-refractivity contribution in [3.63, 3.8) is 0 Å². The van der Waals surface area contributed by atoms with Crippen molar-refractivity contribution >= 4 is 16.6 Å². The number of hydrogen-bond donors (Lipinski definition) is 1. The molecule has 0 unspecified atom stereocenters. The number of para-hydroxylation sites is 1. The second-order valence-electron chi connectivity index (χ2n) is 5.01. The molecule has 3 aromatic rings. The zero-order valence-electron chi connectivity index (χ0n) is 12.0. The molecule has 0 saturated carbocycles. The van der Waals surface area contributed by atoms with E-state index in [1.54, 1.807) is 0 Å². The van der Waals surface area contributed by atoms with Gasteiger partial charge in [0, 0.05) is 5.39 Å². The molecule has 3 rings (SSSR count). The van der Waals surface area contributed by atoms with Crippen LogP contribution in [-0.4, -0.2) is 4.98 Å². The van der Waals surface area contributed by atoms with Crippen molar-refractivity contribution in [3.8, 4) is 5.75 Å². The monoisotopic (exact) mass is 278 g/mol. The van der Waals surface area contributed by atoms with Crippen LogP contribution in [0.1, 0.15) is 18.2 Å². The molecule has 2 N–H and O–H groups in total. The average Bonchev–Trinajstić information content (AvgIpc) is 2.53. The van der Waals surface area contributed by atoms with Gasteiger partial charge in [-0.1, -0.05) is 37.3 Å². The third-order valence-corrected chi connectivity index (χ3v) is 3.51. The molecule has 0 amide bonds. The predicted octanol–water partition coefficient (Wildman–Crippen LogP) is 3.96. The summed E-state index contributed by atoms with van der Waals surface area (Å²) in [6.45, 7) is 2.52. The maximum atomic E-state index is 6.01. The molecule has 106 valence electrons. The number of aromatic nitrogens is 1. The van der Waals surface area contributed by atoms with Crippen LogP contribution in [0.2, 0.25) is 0 Å². The Kier molecular flexibility index (Phi) is 3.73. The van der Waals surface area contributed by atoms with Gasteiger partial charge in [0.05, 0.1) is 16.9 Å². The van der Waals surface area contributed by atoms with Gasteiger partial charge in [-0.25, -0.2) is 4.98 Å². The van der Waals surface area contributed by atoms with Gasteiger partial charge in [0.15, 0.2) is 0 Å². The Labute approximate surface area is 124 Å². The quantitative estimate of drug-likeness (QED) is 0.735. The Balaban J connectivity index is 1.77. The summed E-state index contributed by atoms with van der Waals surface area (Å²) in [5.74, 6) is 0.710. The second kappa shape index (κ2) is 5.83. The molecule has 21 heavy (non-hydrogen) atoms. The van der Waals surface area contributed by atoms with Crippen molar-refractivity contribution in [2.75, 3.05) is 5.73 Å². The zero-order chi connectivity index (χ0) is 14.7. The number of benzene rings is 2. The number of aryl methyl sites for hydroxylation is 1. The van der Waals surface area contributed by atoms with Crippen molar-refractivity contribution in [3.05, 3.63) is 65.9 Å². The lowest BCUT2D eigenvalue weighted by atomic mass is 10.1. The van der Waals surface area contributed by atoms with Crippen LogP contribution in [0, 0.1) is 0 Å². The number of hydrogen-bond acceptors (Lipinski definition) is 3. The molecule has 0 spiro atoms. The first kappa shape index (κ1) is 13.4. The van der Waals surface area contributed by atoms with Gasteiger partial charge < -0.3 is 10.5 Å². The number of ether oxygens (including phenoxy) is 1. The molecule has 0 fully saturated rings. The van der Waals surface area contributed by atoms with E-state index in [9.17, 15) is 0 Å². The summed E-state index contributed by atoms with van der Waals surface area (Å²) in [4.78, 5) is 4.59. The highest BCUT2D eigenvalue weighted by atomic mass is 16.5. The summed E-state index contributed by atoms with van der Waals surface area (Å²) in [7, 11) is 0. The lowest BCUT2D eigenvalue weighted by Crippen LogP contribution is -2.01. The van der Waals surface area contributed by atoms with Gasteiger partial charge in [-0.3, -0.25) is 0 Å². The highest BCUT2D eigenvalue weighted by Gasteiger charge is 2.03. The summed E-state index contributed by atoms with van der Waals surface area (Å²) >= 11 is 0. The van der Waals surface area contributed by atoms with Crippen LogP contribution in [0.4, 0.5) is 5.69 Å². The van der Waals surface area contributed by atoms with E-state index in [2.05, 4.69) is 24.0 Å². The molecule has 2 aromatic carbocycles. The van der Waals surface area contributed by atoms with Gasteiger partial charge in [-0.2, -0.15) is 0 Å². The molecule has 0 aliphatic rings. The summed E-state index contributed by atoms with van der Waals surface area (Å²) in [6, 6.07) is 18.0. The van der Waals surface area contributed by atoms with E-state index in [-0.39, 0.29) is 0 Å². The van der Waals surface area contributed by atoms with Gasteiger partial charge in [0.2, 0.25) is 0 Å². The number of rotatable bonds is 4. The van der Waals surface area contributed by atoms with Gasteiger partial charge >= 0.3 is 0 Å². The van der Waals surface area contributed by atoms with Crippen molar-refractivity contribution < 1.29 is 4.74 Å². The van der Waals surface area contributed by atoms with E-state index in [0.29, 0.717) is 18.0 Å². The average molecular weight is 278 g/mol. The highest BCUT2D eigenvalue weighted by Crippen LogP contribution is 2.24. The molecule has 0 aliphatic carbocycles. The van der Waals surface area contributed by atoms with Crippen LogP contribution in [0.15, 0.2) is 54.6 Å². The van der Waals surface area contributed by atoms with E-state index in [1.165, 1.54) is 5.56 Å². The first-order chi connectivity index (χ1) is 10.3. The summed E-state index contributed by atoms with van der Waals surface area (Å²) in [6.07, 6.45) is 0.969. The Morgan fingerprint density at radius 1 is 1.05 bits per heavy atom. The number of nitrogens with zero attached hydrogens (tertiary/aromatic N) is 1. The second-order valence-corrected chi connectivity index (χ2v) is 5.01. The lowest BCUT2D eigenvalue weighted by Gasteiger charge is -2.10. The zero-order valence-corrected chi connectivity index (χ0v) is 12.0. The highest BCUT2D eigenvalue weighted by molar-refractivity contribution is 5.78. The molecule has 0 atom stereocenters. The molecule has 0 saturated heterocycles. The van der Waals surface area contributed by atoms with Gasteiger partial charge in [0.25, 0.3) is 0 Å². The smallest absolute Gasteiger partial charge is 0.142 e. The van der Waals surface area contributed by atoms with E-state index < -0.39 is 0 Å². The van der Waals surface area contributed by atoms with Crippen LogP contribution >= 0.6 is 0 Å². The number of nitrogens with two attached hydrogens (primary N) is 1. The molecule has 3 heteroatoms. The molecule has 0 aliphatic heterocycles. The fourth-order valence-corrected chi connectivity index (χ4v) is 2.29. The third kappa shape index (κ3) is 2.97. The third-order valence-electron chi connectivity index (χ3n) is 3.51. The lowest BCUT2D eigenvalue weighted by molar-refractivity contribution is 0.303. The minimum atomic E-state index is 0.417. The van der Waals surface area contributed by atoms with E-state index in [1.807, 2.05) is 42.5 Å². The normalized spacial score (nSPS) is 10.7. The van der Waals surface area contributed by atoms with E-state index in [4.69, 9.17) is 10.5 Å². The number of anilines is 1. The Morgan fingerprint density at radius 3 is 2.71 bits per heavy atom.